The number of hydrogen-bond acceptors (Lipinski definition) is 2. The standard InChI is InChI=1S/C11H24O2/c1-10(2,3)7-12-9-13-8-11(4,5)6/h7-9H2,1-6H3. The zero-order valence-corrected chi connectivity index (χ0v) is 9.94. The van der Waals surface area contributed by atoms with Crippen molar-refractivity contribution in [3.63, 3.8) is 0 Å². The van der Waals surface area contributed by atoms with Crippen LogP contribution in [0.5, 0.6) is 0 Å². The van der Waals surface area contributed by atoms with Crippen LogP contribution >= 0.6 is 0 Å². The molecule has 0 N–H and O–H groups in total. The number of rotatable bonds is 4. The largest absolute Gasteiger partial charge is 0.355 e. The maximum absolute atomic E-state index is 5.37. The van der Waals surface area contributed by atoms with Crippen molar-refractivity contribution in [2.75, 3.05) is 20.0 Å². The zero-order valence-electron chi connectivity index (χ0n) is 9.94. The molecule has 0 spiro atoms. The molecule has 0 radical (unpaired) electrons. The molecule has 0 atom stereocenters. The van der Waals surface area contributed by atoms with Gasteiger partial charge in [0.15, 0.2) is 0 Å². The highest BCUT2D eigenvalue weighted by atomic mass is 16.7. The van der Waals surface area contributed by atoms with Gasteiger partial charge in [0, 0.05) is 0 Å². The Balaban J connectivity index is 3.28. The van der Waals surface area contributed by atoms with E-state index in [0.29, 0.717) is 6.79 Å². The molecular weight excluding hydrogens is 164 g/mol. The Morgan fingerprint density at radius 1 is 0.692 bits per heavy atom. The minimum Gasteiger partial charge on any atom is -0.355 e. The molecule has 0 saturated carbocycles. The van der Waals surface area contributed by atoms with Crippen LogP contribution in [0.1, 0.15) is 41.5 Å². The summed E-state index contributed by atoms with van der Waals surface area (Å²) in [5, 5.41) is 0. The molecule has 80 valence electrons. The Morgan fingerprint density at radius 2 is 1.00 bits per heavy atom. The van der Waals surface area contributed by atoms with Crippen LogP contribution in [0.3, 0.4) is 0 Å². The lowest BCUT2D eigenvalue weighted by molar-refractivity contribution is -0.0905. The molecule has 0 heterocycles. The van der Waals surface area contributed by atoms with Gasteiger partial charge in [-0.05, 0) is 10.8 Å². The van der Waals surface area contributed by atoms with Crippen LogP contribution in [-0.4, -0.2) is 20.0 Å². The topological polar surface area (TPSA) is 18.5 Å². The van der Waals surface area contributed by atoms with Crippen molar-refractivity contribution < 1.29 is 9.47 Å². The van der Waals surface area contributed by atoms with Gasteiger partial charge in [-0.2, -0.15) is 0 Å². The summed E-state index contributed by atoms with van der Waals surface area (Å²) in [7, 11) is 0. The zero-order chi connectivity index (χ0) is 10.5. The summed E-state index contributed by atoms with van der Waals surface area (Å²) in [6.45, 7) is 14.8. The predicted octanol–water partition coefficient (Wildman–Crippen LogP) is 3.07. The Bertz CT molecular complexity index is 112. The summed E-state index contributed by atoms with van der Waals surface area (Å²) in [6, 6.07) is 0. The van der Waals surface area contributed by atoms with E-state index >= 15 is 0 Å². The summed E-state index contributed by atoms with van der Waals surface area (Å²) < 4.78 is 10.7. The van der Waals surface area contributed by atoms with E-state index in [0.717, 1.165) is 13.2 Å². The van der Waals surface area contributed by atoms with Crippen molar-refractivity contribution >= 4 is 0 Å². The maximum atomic E-state index is 5.37. The van der Waals surface area contributed by atoms with E-state index < -0.39 is 0 Å². The predicted molar refractivity (Wildman–Crippen MR) is 55.7 cm³/mol. The molecule has 0 fully saturated rings. The van der Waals surface area contributed by atoms with E-state index in [-0.39, 0.29) is 10.8 Å². The average Bonchev–Trinajstić information content (AvgIpc) is 1.81. The summed E-state index contributed by atoms with van der Waals surface area (Å²) in [5.74, 6) is 0. The molecule has 0 aliphatic carbocycles. The highest BCUT2D eigenvalue weighted by Crippen LogP contribution is 2.14. The van der Waals surface area contributed by atoms with E-state index in [1.165, 1.54) is 0 Å². The molecule has 0 amide bonds. The molecule has 0 rings (SSSR count). The Hall–Kier alpha value is -0.0800. The second-order valence-electron chi connectivity index (χ2n) is 5.94. The van der Waals surface area contributed by atoms with Crippen LogP contribution in [0.4, 0.5) is 0 Å². The van der Waals surface area contributed by atoms with E-state index in [1.54, 1.807) is 0 Å². The molecule has 0 aromatic carbocycles. The molecule has 0 saturated heterocycles. The van der Waals surface area contributed by atoms with Gasteiger partial charge in [0.25, 0.3) is 0 Å². The van der Waals surface area contributed by atoms with Crippen molar-refractivity contribution in [3.8, 4) is 0 Å². The highest BCUT2D eigenvalue weighted by molar-refractivity contribution is 4.59. The monoisotopic (exact) mass is 188 g/mol. The first kappa shape index (κ1) is 12.9. The van der Waals surface area contributed by atoms with Crippen molar-refractivity contribution in [2.45, 2.75) is 41.5 Å². The fourth-order valence-corrected chi connectivity index (χ4v) is 0.755. The van der Waals surface area contributed by atoms with Crippen molar-refractivity contribution in [1.82, 2.24) is 0 Å². The van der Waals surface area contributed by atoms with Gasteiger partial charge in [0.2, 0.25) is 0 Å². The lowest BCUT2D eigenvalue weighted by Crippen LogP contribution is -2.19. The average molecular weight is 188 g/mol. The smallest absolute Gasteiger partial charge is 0.146 e. The van der Waals surface area contributed by atoms with Gasteiger partial charge in [-0.15, -0.1) is 0 Å². The van der Waals surface area contributed by atoms with Crippen LogP contribution in [0.2, 0.25) is 0 Å². The first-order valence-corrected chi connectivity index (χ1v) is 4.86. The molecule has 0 bridgehead atoms. The van der Waals surface area contributed by atoms with Gasteiger partial charge in [0.1, 0.15) is 6.79 Å². The minimum atomic E-state index is 0.227. The van der Waals surface area contributed by atoms with Gasteiger partial charge in [-0.1, -0.05) is 41.5 Å². The third-order valence-electron chi connectivity index (χ3n) is 1.24. The van der Waals surface area contributed by atoms with Gasteiger partial charge < -0.3 is 9.47 Å². The van der Waals surface area contributed by atoms with E-state index in [1.807, 2.05) is 0 Å². The molecule has 0 unspecified atom stereocenters. The van der Waals surface area contributed by atoms with E-state index in [2.05, 4.69) is 41.5 Å². The maximum Gasteiger partial charge on any atom is 0.146 e. The van der Waals surface area contributed by atoms with E-state index in [4.69, 9.17) is 9.47 Å². The summed E-state index contributed by atoms with van der Waals surface area (Å²) in [6.07, 6.45) is 0. The molecule has 13 heavy (non-hydrogen) atoms. The minimum absolute atomic E-state index is 0.227. The first-order valence-electron chi connectivity index (χ1n) is 4.86. The van der Waals surface area contributed by atoms with E-state index in [9.17, 15) is 0 Å². The Morgan fingerprint density at radius 3 is 1.23 bits per heavy atom. The van der Waals surface area contributed by atoms with Crippen LogP contribution in [0.25, 0.3) is 0 Å². The third-order valence-corrected chi connectivity index (χ3v) is 1.24. The lowest BCUT2D eigenvalue weighted by atomic mass is 9.99. The van der Waals surface area contributed by atoms with Crippen molar-refractivity contribution in [1.29, 1.82) is 0 Å². The fraction of sp³-hybridized carbons (Fsp3) is 1.00. The summed E-state index contributed by atoms with van der Waals surface area (Å²) in [4.78, 5) is 0. The van der Waals surface area contributed by atoms with Gasteiger partial charge in [-0.25, -0.2) is 0 Å². The first-order chi connectivity index (χ1) is 5.71. The number of ether oxygens (including phenoxy) is 2. The fourth-order valence-electron chi connectivity index (χ4n) is 0.755. The van der Waals surface area contributed by atoms with Gasteiger partial charge in [-0.3, -0.25) is 0 Å². The highest BCUT2D eigenvalue weighted by Gasteiger charge is 2.12. The second-order valence-corrected chi connectivity index (χ2v) is 5.94. The Kier molecular flexibility index (Phi) is 4.93. The molecule has 0 aromatic heterocycles. The molecular formula is C11H24O2. The molecule has 0 aromatic rings. The normalized spacial score (nSPS) is 13.4. The van der Waals surface area contributed by atoms with Crippen molar-refractivity contribution in [3.05, 3.63) is 0 Å². The molecule has 2 heteroatoms. The molecule has 0 aliphatic rings. The third kappa shape index (κ3) is 11.9. The summed E-state index contributed by atoms with van der Waals surface area (Å²) >= 11 is 0. The van der Waals surface area contributed by atoms with Crippen molar-refractivity contribution in [2.24, 2.45) is 10.8 Å². The quantitative estimate of drug-likeness (QED) is 0.498. The van der Waals surface area contributed by atoms with Crippen LogP contribution < -0.4 is 0 Å². The molecule has 2 nitrogen and oxygen atoms in total. The van der Waals surface area contributed by atoms with Crippen LogP contribution in [0, 0.1) is 10.8 Å². The summed E-state index contributed by atoms with van der Waals surface area (Å²) in [5.41, 5.74) is 0.455. The van der Waals surface area contributed by atoms with Gasteiger partial charge >= 0.3 is 0 Å². The SMILES string of the molecule is CC(C)(C)COCOCC(C)(C)C. The second kappa shape index (κ2) is 4.97. The lowest BCUT2D eigenvalue weighted by Gasteiger charge is -2.20. The van der Waals surface area contributed by atoms with Crippen LogP contribution in [-0.2, 0) is 9.47 Å². The van der Waals surface area contributed by atoms with Gasteiger partial charge in [0.05, 0.1) is 13.2 Å². The number of hydrogen-bond donors (Lipinski definition) is 0. The van der Waals surface area contributed by atoms with Crippen LogP contribution in [0.15, 0.2) is 0 Å². The Labute approximate surface area is 82.6 Å². The molecule has 0 aliphatic heterocycles.